The van der Waals surface area contributed by atoms with E-state index in [2.05, 4.69) is 5.32 Å². The molecule has 1 saturated carbocycles. The van der Waals surface area contributed by atoms with Gasteiger partial charge in [-0.25, -0.2) is 4.39 Å². The highest BCUT2D eigenvalue weighted by molar-refractivity contribution is 5.19. The monoisotopic (exact) mass is 194 g/mol. The highest BCUT2D eigenvalue weighted by Crippen LogP contribution is 2.19. The molecule has 0 aliphatic heterocycles. The summed E-state index contributed by atoms with van der Waals surface area (Å²) >= 11 is 0. The third-order valence-corrected chi connectivity index (χ3v) is 2.50. The van der Waals surface area contributed by atoms with Crippen LogP contribution < -0.4 is 11.1 Å². The fourth-order valence-electron chi connectivity index (χ4n) is 1.41. The fraction of sp³-hybridized carbons (Fsp3) is 0.455. The molecule has 1 aromatic rings. The maximum absolute atomic E-state index is 12.6. The molecule has 14 heavy (non-hydrogen) atoms. The van der Waals surface area contributed by atoms with E-state index in [0.29, 0.717) is 6.04 Å². The Hall–Kier alpha value is -0.930. The number of rotatable bonds is 4. The maximum Gasteiger partial charge on any atom is 0.123 e. The number of nitrogens with two attached hydrogens (primary N) is 1. The van der Waals surface area contributed by atoms with Crippen molar-refractivity contribution in [2.24, 2.45) is 5.73 Å². The Kier molecular flexibility index (Phi) is 2.79. The topological polar surface area (TPSA) is 38.0 Å². The molecule has 0 bridgehead atoms. The molecule has 2 nitrogen and oxygen atoms in total. The van der Waals surface area contributed by atoms with Crippen molar-refractivity contribution in [2.75, 3.05) is 6.54 Å². The molecule has 1 aliphatic rings. The first kappa shape index (κ1) is 9.62. The molecule has 0 spiro atoms. The van der Waals surface area contributed by atoms with Crippen LogP contribution in [-0.4, -0.2) is 12.6 Å². The number of halogens is 1. The molecule has 0 aromatic heterocycles. The molecule has 2 rings (SSSR count). The van der Waals surface area contributed by atoms with Crippen LogP contribution in [0.2, 0.25) is 0 Å². The normalized spacial score (nSPS) is 18.1. The van der Waals surface area contributed by atoms with Crippen molar-refractivity contribution in [3.8, 4) is 0 Å². The van der Waals surface area contributed by atoms with E-state index in [4.69, 9.17) is 5.73 Å². The minimum absolute atomic E-state index is 0.0313. The van der Waals surface area contributed by atoms with Gasteiger partial charge in [0.2, 0.25) is 0 Å². The summed E-state index contributed by atoms with van der Waals surface area (Å²) in [5.41, 5.74) is 6.92. The summed E-state index contributed by atoms with van der Waals surface area (Å²) in [5, 5.41) is 3.35. The van der Waals surface area contributed by atoms with Crippen LogP contribution in [0.5, 0.6) is 0 Å². The second-order valence-electron chi connectivity index (χ2n) is 3.84. The van der Waals surface area contributed by atoms with Gasteiger partial charge in [-0.15, -0.1) is 0 Å². The molecule has 0 radical (unpaired) electrons. The van der Waals surface area contributed by atoms with E-state index in [1.54, 1.807) is 12.1 Å². The first-order valence-electron chi connectivity index (χ1n) is 5.00. The van der Waals surface area contributed by atoms with E-state index in [-0.39, 0.29) is 11.9 Å². The van der Waals surface area contributed by atoms with E-state index < -0.39 is 0 Å². The summed E-state index contributed by atoms with van der Waals surface area (Å²) < 4.78 is 12.6. The smallest absolute Gasteiger partial charge is 0.123 e. The van der Waals surface area contributed by atoms with Gasteiger partial charge < -0.3 is 11.1 Å². The summed E-state index contributed by atoms with van der Waals surface area (Å²) in [7, 11) is 0. The van der Waals surface area contributed by atoms with E-state index in [1.165, 1.54) is 25.0 Å². The van der Waals surface area contributed by atoms with Crippen LogP contribution in [0.25, 0.3) is 0 Å². The van der Waals surface area contributed by atoms with E-state index in [9.17, 15) is 4.39 Å². The van der Waals surface area contributed by atoms with Crippen LogP contribution in [0.3, 0.4) is 0 Å². The Morgan fingerprint density at radius 3 is 2.57 bits per heavy atom. The van der Waals surface area contributed by atoms with Crippen LogP contribution in [0.4, 0.5) is 4.39 Å². The molecule has 1 aliphatic carbocycles. The lowest BCUT2D eigenvalue weighted by Crippen LogP contribution is -2.28. The zero-order valence-electron chi connectivity index (χ0n) is 8.04. The van der Waals surface area contributed by atoms with Gasteiger partial charge >= 0.3 is 0 Å². The van der Waals surface area contributed by atoms with Gasteiger partial charge in [0.15, 0.2) is 0 Å². The lowest BCUT2D eigenvalue weighted by molar-refractivity contribution is 0.590. The van der Waals surface area contributed by atoms with Crippen molar-refractivity contribution in [2.45, 2.75) is 24.9 Å². The molecule has 1 aromatic carbocycles. The maximum atomic E-state index is 12.6. The fourth-order valence-corrected chi connectivity index (χ4v) is 1.41. The van der Waals surface area contributed by atoms with E-state index in [1.807, 2.05) is 0 Å². The molecular formula is C11H15FN2. The molecule has 3 N–H and O–H groups in total. The Labute approximate surface area is 83.3 Å². The molecular weight excluding hydrogens is 179 g/mol. The van der Waals surface area contributed by atoms with Gasteiger partial charge in [0.1, 0.15) is 5.82 Å². The third-order valence-electron chi connectivity index (χ3n) is 2.50. The second-order valence-corrected chi connectivity index (χ2v) is 3.84. The summed E-state index contributed by atoms with van der Waals surface area (Å²) in [6.07, 6.45) is 2.52. The van der Waals surface area contributed by atoms with Gasteiger partial charge in [-0.2, -0.15) is 0 Å². The van der Waals surface area contributed by atoms with Crippen molar-refractivity contribution >= 4 is 0 Å². The van der Waals surface area contributed by atoms with Gasteiger partial charge in [0.25, 0.3) is 0 Å². The molecule has 0 amide bonds. The average Bonchev–Trinajstić information content (AvgIpc) is 2.99. The van der Waals surface area contributed by atoms with Crippen LogP contribution in [-0.2, 0) is 0 Å². The van der Waals surface area contributed by atoms with Crippen molar-refractivity contribution in [1.82, 2.24) is 5.32 Å². The lowest BCUT2D eigenvalue weighted by atomic mass is 10.1. The van der Waals surface area contributed by atoms with Gasteiger partial charge in [-0.3, -0.25) is 0 Å². The zero-order chi connectivity index (χ0) is 9.97. The van der Waals surface area contributed by atoms with Crippen LogP contribution in [0.15, 0.2) is 24.3 Å². The van der Waals surface area contributed by atoms with Crippen molar-refractivity contribution < 1.29 is 4.39 Å². The molecule has 76 valence electrons. The highest BCUT2D eigenvalue weighted by atomic mass is 19.1. The summed E-state index contributed by atoms with van der Waals surface area (Å²) in [4.78, 5) is 0. The molecule has 1 fully saturated rings. The standard InChI is InChI=1S/C11H15FN2/c12-9-3-1-8(2-4-9)11(13)7-14-10-5-6-10/h1-4,10-11,14H,5-7,13H2. The van der Waals surface area contributed by atoms with Gasteiger partial charge in [-0.05, 0) is 30.5 Å². The highest BCUT2D eigenvalue weighted by Gasteiger charge is 2.21. The van der Waals surface area contributed by atoms with E-state index >= 15 is 0 Å². The Morgan fingerprint density at radius 2 is 2.00 bits per heavy atom. The van der Waals surface area contributed by atoms with Gasteiger partial charge in [0, 0.05) is 18.6 Å². The van der Waals surface area contributed by atoms with Crippen LogP contribution in [0, 0.1) is 5.82 Å². The minimum Gasteiger partial charge on any atom is -0.323 e. The second kappa shape index (κ2) is 4.07. The summed E-state index contributed by atoms with van der Waals surface area (Å²) in [6.45, 7) is 0.774. The van der Waals surface area contributed by atoms with Crippen molar-refractivity contribution in [3.05, 3.63) is 35.6 Å². The summed E-state index contributed by atoms with van der Waals surface area (Å²) in [5.74, 6) is -0.212. The molecule has 3 heteroatoms. The molecule has 0 heterocycles. The lowest BCUT2D eigenvalue weighted by Gasteiger charge is -2.12. The van der Waals surface area contributed by atoms with E-state index in [0.717, 1.165) is 12.1 Å². The Morgan fingerprint density at radius 1 is 1.36 bits per heavy atom. The molecule has 1 atom stereocenters. The Balaban J connectivity index is 1.88. The van der Waals surface area contributed by atoms with Crippen molar-refractivity contribution in [3.63, 3.8) is 0 Å². The predicted molar refractivity (Wildman–Crippen MR) is 54.4 cm³/mol. The van der Waals surface area contributed by atoms with Gasteiger partial charge in [-0.1, -0.05) is 12.1 Å². The number of hydrogen-bond acceptors (Lipinski definition) is 2. The average molecular weight is 194 g/mol. The quantitative estimate of drug-likeness (QED) is 0.763. The van der Waals surface area contributed by atoms with Crippen LogP contribution in [0.1, 0.15) is 24.4 Å². The first-order chi connectivity index (χ1) is 6.75. The largest absolute Gasteiger partial charge is 0.323 e. The minimum atomic E-state index is -0.212. The first-order valence-corrected chi connectivity index (χ1v) is 5.00. The number of benzene rings is 1. The van der Waals surface area contributed by atoms with Crippen LogP contribution >= 0.6 is 0 Å². The number of nitrogens with one attached hydrogen (secondary N) is 1. The van der Waals surface area contributed by atoms with Crippen molar-refractivity contribution in [1.29, 1.82) is 0 Å². The molecule has 0 saturated heterocycles. The summed E-state index contributed by atoms with van der Waals surface area (Å²) in [6, 6.07) is 7.03. The predicted octanol–water partition coefficient (Wildman–Crippen LogP) is 1.58. The Bertz CT molecular complexity index is 293. The SMILES string of the molecule is NC(CNC1CC1)c1ccc(F)cc1. The molecule has 1 unspecified atom stereocenters. The third kappa shape index (κ3) is 2.53. The van der Waals surface area contributed by atoms with Gasteiger partial charge in [0.05, 0.1) is 0 Å². The zero-order valence-corrected chi connectivity index (χ0v) is 8.04. The number of hydrogen-bond donors (Lipinski definition) is 2.